The van der Waals surface area contributed by atoms with Gasteiger partial charge in [-0.05, 0) is 32.6 Å². The van der Waals surface area contributed by atoms with Gasteiger partial charge < -0.3 is 23.7 Å². The van der Waals surface area contributed by atoms with Crippen LogP contribution >= 0.6 is 0 Å². The normalized spacial score (nSPS) is 12.2. The van der Waals surface area contributed by atoms with Crippen LogP contribution in [0.25, 0.3) is 6.08 Å². The second-order valence-electron chi connectivity index (χ2n) is 7.08. The van der Waals surface area contributed by atoms with Crippen LogP contribution in [0, 0.1) is 0 Å². The number of fused-ring (bicyclic) bond motifs is 1. The van der Waals surface area contributed by atoms with Crippen molar-refractivity contribution in [1.82, 2.24) is 0 Å². The molecule has 0 fully saturated rings. The van der Waals surface area contributed by atoms with Gasteiger partial charge in [-0.2, -0.15) is 0 Å². The maximum Gasteiger partial charge on any atom is 0.305 e. The summed E-state index contributed by atoms with van der Waals surface area (Å²) in [6.07, 6.45) is 9.96. The summed E-state index contributed by atoms with van der Waals surface area (Å²) in [7, 11) is 6.51. The number of rotatable bonds is 13. The van der Waals surface area contributed by atoms with Crippen molar-refractivity contribution in [2.45, 2.75) is 58.3 Å². The average molecular weight is 407 g/mol. The molecule has 0 N–H and O–H groups in total. The minimum absolute atomic E-state index is 0.0878. The summed E-state index contributed by atoms with van der Waals surface area (Å²) < 4.78 is 27.3. The highest BCUT2D eigenvalue weighted by Crippen LogP contribution is 2.53. The number of unbranched alkanes of at least 4 members (excludes halogenated alkanes) is 4. The van der Waals surface area contributed by atoms with Crippen LogP contribution in [-0.2, 0) is 16.0 Å². The molecule has 29 heavy (non-hydrogen) atoms. The van der Waals surface area contributed by atoms with E-state index in [1.807, 2.05) is 6.92 Å². The van der Waals surface area contributed by atoms with Crippen molar-refractivity contribution in [3.63, 3.8) is 0 Å². The van der Waals surface area contributed by atoms with Gasteiger partial charge in [0.2, 0.25) is 11.5 Å². The number of carbonyl (C=O) groups is 1. The molecular formula is C23H34O6. The third kappa shape index (κ3) is 5.58. The standard InChI is InChI=1S/C23H34O6/c1-6-29-19(24)13-11-9-7-8-10-12-16-14-17-18(15-16)21(26-3)23(28-5)22(27-4)20(17)25-2/h14H,6-13,15H2,1-5H3. The Morgan fingerprint density at radius 2 is 1.41 bits per heavy atom. The molecule has 0 aromatic heterocycles. The summed E-state index contributed by atoms with van der Waals surface area (Å²) >= 11 is 0. The summed E-state index contributed by atoms with van der Waals surface area (Å²) in [6.45, 7) is 2.30. The van der Waals surface area contributed by atoms with E-state index in [0.29, 0.717) is 36.0 Å². The Hall–Kier alpha value is -2.37. The summed E-state index contributed by atoms with van der Waals surface area (Å²) in [4.78, 5) is 11.3. The number of benzene rings is 1. The molecule has 0 saturated carbocycles. The minimum atomic E-state index is -0.0878. The number of carbonyl (C=O) groups excluding carboxylic acids is 1. The molecular weight excluding hydrogens is 372 g/mol. The van der Waals surface area contributed by atoms with Crippen LogP contribution in [0.15, 0.2) is 5.57 Å². The summed E-state index contributed by atoms with van der Waals surface area (Å²) in [6, 6.07) is 0. The fourth-order valence-electron chi connectivity index (χ4n) is 3.87. The van der Waals surface area contributed by atoms with Crippen molar-refractivity contribution < 1.29 is 28.5 Å². The van der Waals surface area contributed by atoms with E-state index in [-0.39, 0.29) is 5.97 Å². The van der Waals surface area contributed by atoms with Crippen LogP contribution in [0.5, 0.6) is 23.0 Å². The quantitative estimate of drug-likeness (QED) is 0.341. The molecule has 0 radical (unpaired) electrons. The van der Waals surface area contributed by atoms with E-state index < -0.39 is 0 Å². The first-order chi connectivity index (χ1) is 14.1. The average Bonchev–Trinajstić information content (AvgIpc) is 3.14. The first-order valence-electron chi connectivity index (χ1n) is 10.3. The molecule has 0 unspecified atom stereocenters. The molecule has 1 aromatic carbocycles. The van der Waals surface area contributed by atoms with Crippen molar-refractivity contribution in [3.8, 4) is 23.0 Å². The van der Waals surface area contributed by atoms with Crippen LogP contribution in [0.3, 0.4) is 0 Å². The largest absolute Gasteiger partial charge is 0.492 e. The lowest BCUT2D eigenvalue weighted by Gasteiger charge is -2.19. The van der Waals surface area contributed by atoms with Crippen molar-refractivity contribution in [3.05, 3.63) is 16.7 Å². The van der Waals surface area contributed by atoms with E-state index in [4.69, 9.17) is 23.7 Å². The van der Waals surface area contributed by atoms with Crippen LogP contribution in [-0.4, -0.2) is 41.0 Å². The molecule has 6 heteroatoms. The van der Waals surface area contributed by atoms with Gasteiger partial charge in [-0.15, -0.1) is 0 Å². The first-order valence-corrected chi connectivity index (χ1v) is 10.3. The predicted octanol–water partition coefficient (Wildman–Crippen LogP) is 4.95. The van der Waals surface area contributed by atoms with Crippen LogP contribution < -0.4 is 18.9 Å². The third-order valence-corrected chi connectivity index (χ3v) is 5.22. The summed E-state index contributed by atoms with van der Waals surface area (Å²) in [5.41, 5.74) is 3.47. The SMILES string of the molecule is CCOC(=O)CCCCCCCC1=Cc2c(c(OC)c(OC)c(OC)c2OC)C1. The number of hydrogen-bond acceptors (Lipinski definition) is 6. The molecule has 0 saturated heterocycles. The van der Waals surface area contributed by atoms with Crippen LogP contribution in [0.2, 0.25) is 0 Å². The molecule has 0 aliphatic heterocycles. The van der Waals surface area contributed by atoms with Gasteiger partial charge in [0.1, 0.15) is 0 Å². The molecule has 0 spiro atoms. The van der Waals surface area contributed by atoms with Crippen LogP contribution in [0.4, 0.5) is 0 Å². The Balaban J connectivity index is 1.92. The first kappa shape index (κ1) is 22.9. The highest BCUT2D eigenvalue weighted by atomic mass is 16.5. The number of esters is 1. The Kier molecular flexibility index (Phi) is 9.16. The molecule has 6 nitrogen and oxygen atoms in total. The van der Waals surface area contributed by atoms with Crippen molar-refractivity contribution in [1.29, 1.82) is 0 Å². The Bertz CT molecular complexity index is 723. The third-order valence-electron chi connectivity index (χ3n) is 5.22. The Morgan fingerprint density at radius 3 is 2.03 bits per heavy atom. The Labute approximate surface area is 174 Å². The fourth-order valence-corrected chi connectivity index (χ4v) is 3.87. The molecule has 162 valence electrons. The van der Waals surface area contributed by atoms with Crippen molar-refractivity contribution >= 4 is 12.0 Å². The zero-order valence-electron chi connectivity index (χ0n) is 18.4. The van der Waals surface area contributed by atoms with Gasteiger partial charge in [0.25, 0.3) is 0 Å². The molecule has 0 bridgehead atoms. The molecule has 2 rings (SSSR count). The van der Waals surface area contributed by atoms with E-state index in [1.165, 1.54) is 5.57 Å². The zero-order chi connectivity index (χ0) is 21.2. The minimum Gasteiger partial charge on any atom is -0.492 e. The lowest BCUT2D eigenvalue weighted by molar-refractivity contribution is -0.143. The van der Waals surface area contributed by atoms with Gasteiger partial charge in [-0.1, -0.05) is 30.9 Å². The Morgan fingerprint density at radius 1 is 0.828 bits per heavy atom. The maximum absolute atomic E-state index is 11.3. The van der Waals surface area contributed by atoms with Gasteiger partial charge in [-0.25, -0.2) is 0 Å². The summed E-state index contributed by atoms with van der Waals surface area (Å²) in [5.74, 6) is 2.45. The molecule has 1 aliphatic carbocycles. The topological polar surface area (TPSA) is 63.2 Å². The summed E-state index contributed by atoms with van der Waals surface area (Å²) in [5, 5.41) is 0. The lowest BCUT2D eigenvalue weighted by atomic mass is 10.0. The van der Waals surface area contributed by atoms with E-state index in [9.17, 15) is 4.79 Å². The van der Waals surface area contributed by atoms with Gasteiger partial charge in [0.05, 0.1) is 35.0 Å². The highest BCUT2D eigenvalue weighted by Gasteiger charge is 2.29. The second-order valence-corrected chi connectivity index (χ2v) is 7.08. The monoisotopic (exact) mass is 406 g/mol. The molecule has 0 heterocycles. The molecule has 0 atom stereocenters. The van der Waals surface area contributed by atoms with Gasteiger partial charge in [0.15, 0.2) is 11.5 Å². The fraction of sp³-hybridized carbons (Fsp3) is 0.609. The van der Waals surface area contributed by atoms with E-state index in [0.717, 1.165) is 56.1 Å². The number of allylic oxidation sites excluding steroid dienone is 1. The number of methoxy groups -OCH3 is 4. The smallest absolute Gasteiger partial charge is 0.305 e. The van der Waals surface area contributed by atoms with Crippen molar-refractivity contribution in [2.75, 3.05) is 35.0 Å². The second kappa shape index (κ2) is 11.6. The maximum atomic E-state index is 11.3. The molecule has 1 aliphatic rings. The van der Waals surface area contributed by atoms with E-state index in [1.54, 1.807) is 28.4 Å². The van der Waals surface area contributed by atoms with E-state index in [2.05, 4.69) is 6.08 Å². The molecule has 0 amide bonds. The van der Waals surface area contributed by atoms with Gasteiger partial charge in [-0.3, -0.25) is 4.79 Å². The number of ether oxygens (including phenoxy) is 5. The van der Waals surface area contributed by atoms with Crippen LogP contribution in [0.1, 0.15) is 63.0 Å². The van der Waals surface area contributed by atoms with E-state index >= 15 is 0 Å². The van der Waals surface area contributed by atoms with Gasteiger partial charge in [0, 0.05) is 17.5 Å². The predicted molar refractivity (Wildman–Crippen MR) is 113 cm³/mol. The zero-order valence-corrected chi connectivity index (χ0v) is 18.4. The number of hydrogen-bond donors (Lipinski definition) is 0. The molecule has 1 aromatic rings. The van der Waals surface area contributed by atoms with Gasteiger partial charge >= 0.3 is 5.97 Å². The lowest BCUT2D eigenvalue weighted by Crippen LogP contribution is -2.03. The van der Waals surface area contributed by atoms with Crippen molar-refractivity contribution in [2.24, 2.45) is 0 Å². The highest BCUT2D eigenvalue weighted by molar-refractivity contribution is 5.79.